The molecule has 0 saturated carbocycles. The van der Waals surface area contributed by atoms with E-state index in [1.165, 1.54) is 6.07 Å². The molecule has 30 heavy (non-hydrogen) atoms. The first-order valence-corrected chi connectivity index (χ1v) is 11.0. The van der Waals surface area contributed by atoms with Crippen LogP contribution in [0.5, 0.6) is 0 Å². The highest BCUT2D eigenvalue weighted by Gasteiger charge is 2.38. The number of nitrogens with one attached hydrogen (secondary N) is 1. The highest BCUT2D eigenvalue weighted by molar-refractivity contribution is 7.92. The number of hydrogen-bond acceptors (Lipinski definition) is 3. The van der Waals surface area contributed by atoms with Gasteiger partial charge in [0.05, 0.1) is 4.90 Å². The molecule has 0 bridgehead atoms. The van der Waals surface area contributed by atoms with E-state index in [0.29, 0.717) is 16.8 Å². The average molecular weight is 416 g/mol. The summed E-state index contributed by atoms with van der Waals surface area (Å²) < 4.78 is 29.2. The Morgan fingerprint density at radius 3 is 1.57 bits per heavy atom. The molecule has 4 rings (SSSR count). The Balaban J connectivity index is 1.92. The molecule has 4 aromatic carbocycles. The van der Waals surface area contributed by atoms with E-state index < -0.39 is 15.6 Å². The number of sulfonamides is 1. The summed E-state index contributed by atoms with van der Waals surface area (Å²) >= 11 is 0. The van der Waals surface area contributed by atoms with Crippen molar-refractivity contribution in [3.05, 3.63) is 132 Å². The molecule has 0 atom stereocenters. The smallest absolute Gasteiger partial charge is 0.262 e. The molecule has 5 heteroatoms. The second-order valence-electron chi connectivity index (χ2n) is 6.91. The van der Waals surface area contributed by atoms with Crippen molar-refractivity contribution >= 4 is 15.7 Å². The second kappa shape index (κ2) is 8.14. The van der Waals surface area contributed by atoms with Gasteiger partial charge in [-0.1, -0.05) is 97.1 Å². The van der Waals surface area contributed by atoms with E-state index >= 15 is 0 Å². The van der Waals surface area contributed by atoms with E-state index in [2.05, 4.69) is 4.72 Å². The summed E-state index contributed by atoms with van der Waals surface area (Å²) in [5.41, 5.74) is 0.253. The van der Waals surface area contributed by atoms with Gasteiger partial charge in [0.15, 0.2) is 0 Å². The molecule has 0 unspecified atom stereocenters. The third kappa shape index (κ3) is 3.73. The van der Waals surface area contributed by atoms with Crippen molar-refractivity contribution in [3.8, 4) is 0 Å². The van der Waals surface area contributed by atoms with Crippen LogP contribution in [0.15, 0.2) is 120 Å². The quantitative estimate of drug-likeness (QED) is 0.446. The fraction of sp³-hybridized carbons (Fsp3) is 0.0400. The minimum atomic E-state index is -3.95. The Labute approximate surface area is 176 Å². The van der Waals surface area contributed by atoms with E-state index in [0.717, 1.165) is 0 Å². The first-order chi connectivity index (χ1) is 14.5. The average Bonchev–Trinajstić information content (AvgIpc) is 2.80. The normalized spacial score (nSPS) is 11.8. The maximum absolute atomic E-state index is 13.3. The van der Waals surface area contributed by atoms with Crippen LogP contribution < -0.4 is 4.72 Å². The Kier molecular flexibility index (Phi) is 5.40. The number of anilines is 1. The van der Waals surface area contributed by atoms with E-state index in [9.17, 15) is 13.5 Å². The van der Waals surface area contributed by atoms with Gasteiger partial charge in [-0.2, -0.15) is 0 Å². The van der Waals surface area contributed by atoms with Gasteiger partial charge in [0.1, 0.15) is 5.60 Å². The lowest BCUT2D eigenvalue weighted by Gasteiger charge is -2.31. The maximum atomic E-state index is 13.3. The molecule has 2 N–H and O–H groups in total. The molecule has 0 aliphatic carbocycles. The first-order valence-electron chi connectivity index (χ1n) is 9.52. The summed E-state index contributed by atoms with van der Waals surface area (Å²) in [6.07, 6.45) is 0. The van der Waals surface area contributed by atoms with E-state index in [1.54, 1.807) is 66.7 Å². The third-order valence-corrected chi connectivity index (χ3v) is 6.41. The van der Waals surface area contributed by atoms with E-state index in [-0.39, 0.29) is 10.5 Å². The van der Waals surface area contributed by atoms with E-state index in [4.69, 9.17) is 0 Å². The van der Waals surface area contributed by atoms with Gasteiger partial charge < -0.3 is 5.11 Å². The number of hydrogen-bond donors (Lipinski definition) is 2. The largest absolute Gasteiger partial charge is 0.376 e. The van der Waals surface area contributed by atoms with Gasteiger partial charge in [0.25, 0.3) is 10.0 Å². The molecule has 0 spiro atoms. The van der Waals surface area contributed by atoms with Gasteiger partial charge in [-0.3, -0.25) is 4.72 Å². The van der Waals surface area contributed by atoms with Crippen molar-refractivity contribution in [1.82, 2.24) is 0 Å². The van der Waals surface area contributed by atoms with Crippen LogP contribution in [0.25, 0.3) is 0 Å². The zero-order valence-electron chi connectivity index (χ0n) is 16.1. The summed E-state index contributed by atoms with van der Waals surface area (Å²) in [6, 6.07) is 33.4. The number of benzene rings is 4. The molecular weight excluding hydrogens is 394 g/mol. The van der Waals surface area contributed by atoms with Crippen LogP contribution in [0.2, 0.25) is 0 Å². The maximum Gasteiger partial charge on any atom is 0.262 e. The monoisotopic (exact) mass is 415 g/mol. The Bertz CT molecular complexity index is 1190. The van der Waals surface area contributed by atoms with Crippen molar-refractivity contribution in [1.29, 1.82) is 0 Å². The van der Waals surface area contributed by atoms with Gasteiger partial charge in [-0.25, -0.2) is 8.42 Å². The van der Waals surface area contributed by atoms with Crippen LogP contribution in [0, 0.1) is 0 Å². The molecule has 0 aromatic heterocycles. The summed E-state index contributed by atoms with van der Waals surface area (Å²) in [5, 5.41) is 12.0. The molecule has 4 nitrogen and oxygen atoms in total. The zero-order chi connectivity index (χ0) is 21.0. The summed E-state index contributed by atoms with van der Waals surface area (Å²) in [7, 11) is -3.95. The van der Waals surface area contributed by atoms with Gasteiger partial charge in [0, 0.05) is 11.3 Å². The Hall–Kier alpha value is -3.41. The molecule has 0 fully saturated rings. The lowest BCUT2D eigenvalue weighted by molar-refractivity contribution is 0.122. The lowest BCUT2D eigenvalue weighted by Crippen LogP contribution is -2.31. The predicted octanol–water partition coefficient (Wildman–Crippen LogP) is 4.77. The molecule has 150 valence electrons. The van der Waals surface area contributed by atoms with Crippen LogP contribution >= 0.6 is 0 Å². The SMILES string of the molecule is O=S(=O)(Nc1ccccc1)c1ccccc1C(O)(c1ccccc1)c1ccccc1. The molecule has 0 radical (unpaired) electrons. The summed E-state index contributed by atoms with van der Waals surface area (Å²) in [6.45, 7) is 0. The fourth-order valence-corrected chi connectivity index (χ4v) is 4.87. The highest BCUT2D eigenvalue weighted by atomic mass is 32.2. The van der Waals surface area contributed by atoms with Crippen LogP contribution in [-0.4, -0.2) is 13.5 Å². The molecule has 0 saturated heterocycles. The minimum Gasteiger partial charge on any atom is -0.376 e. The van der Waals surface area contributed by atoms with Gasteiger partial charge in [0.2, 0.25) is 0 Å². The lowest BCUT2D eigenvalue weighted by atomic mass is 9.80. The molecule has 4 aromatic rings. The van der Waals surface area contributed by atoms with Crippen molar-refractivity contribution in [2.24, 2.45) is 0 Å². The second-order valence-corrected chi connectivity index (χ2v) is 8.56. The molecular formula is C25H21NO3S. The van der Waals surface area contributed by atoms with Gasteiger partial charge >= 0.3 is 0 Å². The molecule has 0 aliphatic rings. The Morgan fingerprint density at radius 1 is 0.600 bits per heavy atom. The van der Waals surface area contributed by atoms with Crippen molar-refractivity contribution in [3.63, 3.8) is 0 Å². The van der Waals surface area contributed by atoms with Crippen LogP contribution in [0.3, 0.4) is 0 Å². The summed E-state index contributed by atoms with van der Waals surface area (Å²) in [5.74, 6) is 0. The first kappa shape index (κ1) is 19.9. The topological polar surface area (TPSA) is 66.4 Å². The van der Waals surface area contributed by atoms with Gasteiger partial charge in [-0.15, -0.1) is 0 Å². The fourth-order valence-electron chi connectivity index (χ4n) is 3.55. The number of rotatable bonds is 6. The van der Waals surface area contributed by atoms with E-state index in [1.807, 2.05) is 42.5 Å². The highest BCUT2D eigenvalue weighted by Crippen LogP contribution is 2.39. The zero-order valence-corrected chi connectivity index (χ0v) is 17.0. The standard InChI is InChI=1S/C25H21NO3S/c27-25(20-12-4-1-5-13-20,21-14-6-2-7-15-21)23-18-10-11-19-24(23)30(28,29)26-22-16-8-3-9-17-22/h1-19,26-27H. The Morgan fingerprint density at radius 2 is 1.03 bits per heavy atom. The summed E-state index contributed by atoms with van der Waals surface area (Å²) in [4.78, 5) is 0.0176. The van der Waals surface area contributed by atoms with Crippen LogP contribution in [0.4, 0.5) is 5.69 Å². The molecule has 0 aliphatic heterocycles. The van der Waals surface area contributed by atoms with Crippen molar-refractivity contribution < 1.29 is 13.5 Å². The van der Waals surface area contributed by atoms with Crippen LogP contribution in [0.1, 0.15) is 16.7 Å². The van der Waals surface area contributed by atoms with Crippen LogP contribution in [-0.2, 0) is 15.6 Å². The predicted molar refractivity (Wildman–Crippen MR) is 119 cm³/mol. The minimum absolute atomic E-state index is 0.0176. The number of aliphatic hydroxyl groups is 1. The van der Waals surface area contributed by atoms with Gasteiger partial charge in [-0.05, 0) is 29.3 Å². The van der Waals surface area contributed by atoms with Crippen molar-refractivity contribution in [2.75, 3.05) is 4.72 Å². The third-order valence-electron chi connectivity index (χ3n) is 4.98. The molecule has 0 amide bonds. The number of para-hydroxylation sites is 1. The van der Waals surface area contributed by atoms with Crippen molar-refractivity contribution in [2.45, 2.75) is 10.5 Å². The molecule has 0 heterocycles.